The van der Waals surface area contributed by atoms with Gasteiger partial charge in [0, 0.05) is 13.0 Å². The number of hydrogen-bond acceptors (Lipinski definition) is 2. The van der Waals surface area contributed by atoms with Crippen LogP contribution in [-0.4, -0.2) is 19.0 Å². The van der Waals surface area contributed by atoms with E-state index in [0.29, 0.717) is 24.8 Å². The topological polar surface area (TPSA) is 41.1 Å². The molecule has 110 valence electrons. The lowest BCUT2D eigenvalue weighted by Gasteiger charge is -2.28. The molecule has 2 unspecified atom stereocenters. The van der Waals surface area contributed by atoms with Gasteiger partial charge in [-0.2, -0.15) is 0 Å². The largest absolute Gasteiger partial charge is 0.352 e. The van der Waals surface area contributed by atoms with Gasteiger partial charge < -0.3 is 10.6 Å². The lowest BCUT2D eigenvalue weighted by atomic mass is 9.85. The number of amides is 1. The van der Waals surface area contributed by atoms with E-state index < -0.39 is 0 Å². The van der Waals surface area contributed by atoms with Crippen molar-refractivity contribution in [1.82, 2.24) is 10.6 Å². The van der Waals surface area contributed by atoms with Crippen LogP contribution in [0.1, 0.15) is 31.7 Å². The van der Waals surface area contributed by atoms with Gasteiger partial charge in [-0.1, -0.05) is 19.1 Å². The molecule has 1 heterocycles. The molecule has 0 saturated carbocycles. The third kappa shape index (κ3) is 4.60. The molecule has 4 heteroatoms. The fourth-order valence-corrected chi connectivity index (χ4v) is 2.70. The molecule has 0 bridgehead atoms. The molecular weight excluding hydrogens is 255 g/mol. The summed E-state index contributed by atoms with van der Waals surface area (Å²) in [6.45, 7) is 4.73. The van der Waals surface area contributed by atoms with Crippen molar-refractivity contribution in [3.63, 3.8) is 0 Å². The summed E-state index contributed by atoms with van der Waals surface area (Å²) in [4.78, 5) is 11.9. The van der Waals surface area contributed by atoms with Crippen LogP contribution in [-0.2, 0) is 11.3 Å². The molecule has 0 aliphatic carbocycles. The zero-order valence-electron chi connectivity index (χ0n) is 12.0. The van der Waals surface area contributed by atoms with Crippen LogP contribution < -0.4 is 10.6 Å². The molecule has 0 spiro atoms. The van der Waals surface area contributed by atoms with Gasteiger partial charge in [0.1, 0.15) is 5.82 Å². The molecule has 0 aromatic heterocycles. The van der Waals surface area contributed by atoms with Crippen LogP contribution in [0.2, 0.25) is 0 Å². The summed E-state index contributed by atoms with van der Waals surface area (Å²) in [6.07, 6.45) is 2.97. The van der Waals surface area contributed by atoms with Crippen LogP contribution in [0.5, 0.6) is 0 Å². The Labute approximate surface area is 120 Å². The third-order valence-electron chi connectivity index (χ3n) is 4.05. The molecule has 1 aromatic rings. The number of hydrogen-bond donors (Lipinski definition) is 2. The highest BCUT2D eigenvalue weighted by Crippen LogP contribution is 2.22. The lowest BCUT2D eigenvalue weighted by molar-refractivity contribution is -0.122. The Morgan fingerprint density at radius 1 is 1.45 bits per heavy atom. The van der Waals surface area contributed by atoms with Crippen LogP contribution in [0.4, 0.5) is 4.39 Å². The molecule has 1 aliphatic rings. The zero-order chi connectivity index (χ0) is 14.4. The highest BCUT2D eigenvalue weighted by Gasteiger charge is 2.21. The maximum absolute atomic E-state index is 12.8. The molecule has 0 radical (unpaired) electrons. The minimum atomic E-state index is -0.251. The van der Waals surface area contributed by atoms with Crippen LogP contribution >= 0.6 is 0 Å². The van der Waals surface area contributed by atoms with Crippen molar-refractivity contribution in [3.05, 3.63) is 35.6 Å². The Kier molecular flexibility index (Phi) is 5.53. The summed E-state index contributed by atoms with van der Waals surface area (Å²) in [6, 6.07) is 6.23. The second-order valence-electron chi connectivity index (χ2n) is 5.69. The van der Waals surface area contributed by atoms with Crippen molar-refractivity contribution >= 4 is 5.91 Å². The summed E-state index contributed by atoms with van der Waals surface area (Å²) >= 11 is 0. The summed E-state index contributed by atoms with van der Waals surface area (Å²) < 4.78 is 12.8. The third-order valence-corrected chi connectivity index (χ3v) is 4.05. The number of nitrogens with one attached hydrogen (secondary N) is 2. The Morgan fingerprint density at radius 2 is 2.20 bits per heavy atom. The predicted molar refractivity (Wildman–Crippen MR) is 77.6 cm³/mol. The minimum absolute atomic E-state index is 0.0763. The minimum Gasteiger partial charge on any atom is -0.352 e. The maximum Gasteiger partial charge on any atom is 0.220 e. The van der Waals surface area contributed by atoms with Crippen LogP contribution in [0, 0.1) is 17.7 Å². The number of halogens is 1. The van der Waals surface area contributed by atoms with E-state index in [1.54, 1.807) is 12.1 Å². The van der Waals surface area contributed by atoms with Crippen molar-refractivity contribution in [1.29, 1.82) is 0 Å². The Balaban J connectivity index is 1.73. The van der Waals surface area contributed by atoms with Crippen molar-refractivity contribution in [3.8, 4) is 0 Å². The number of carbonyl (C=O) groups is 1. The first-order chi connectivity index (χ1) is 9.65. The van der Waals surface area contributed by atoms with Gasteiger partial charge in [-0.25, -0.2) is 4.39 Å². The van der Waals surface area contributed by atoms with E-state index >= 15 is 0 Å². The Bertz CT molecular complexity index is 427. The van der Waals surface area contributed by atoms with Gasteiger partial charge in [0.15, 0.2) is 0 Å². The molecule has 2 atom stereocenters. The fraction of sp³-hybridized carbons (Fsp3) is 0.562. The average molecular weight is 278 g/mol. The monoisotopic (exact) mass is 278 g/mol. The molecule has 3 nitrogen and oxygen atoms in total. The summed E-state index contributed by atoms with van der Waals surface area (Å²) in [5.74, 6) is 0.822. The second-order valence-corrected chi connectivity index (χ2v) is 5.69. The van der Waals surface area contributed by atoms with E-state index in [1.807, 2.05) is 0 Å². The number of carbonyl (C=O) groups excluding carboxylic acids is 1. The molecule has 1 aromatic carbocycles. The molecule has 1 amide bonds. The van der Waals surface area contributed by atoms with E-state index in [2.05, 4.69) is 17.6 Å². The number of rotatable bonds is 5. The summed E-state index contributed by atoms with van der Waals surface area (Å²) in [5.41, 5.74) is 0.923. The highest BCUT2D eigenvalue weighted by atomic mass is 19.1. The van der Waals surface area contributed by atoms with Gasteiger partial charge in [0.05, 0.1) is 0 Å². The smallest absolute Gasteiger partial charge is 0.220 e. The predicted octanol–water partition coefficient (Wildman–Crippen LogP) is 2.47. The molecule has 1 saturated heterocycles. The van der Waals surface area contributed by atoms with Crippen molar-refractivity contribution in [2.45, 2.75) is 32.7 Å². The Hall–Kier alpha value is -1.42. The first-order valence-corrected chi connectivity index (χ1v) is 7.37. The standard InChI is InChI=1S/C16H23FN2O/c1-12(14-3-2-8-18-11-14)9-16(20)19-10-13-4-6-15(17)7-5-13/h4-7,12,14,18H,2-3,8-11H2,1H3,(H,19,20). The highest BCUT2D eigenvalue weighted by molar-refractivity contribution is 5.76. The maximum atomic E-state index is 12.8. The number of benzene rings is 1. The molecule has 20 heavy (non-hydrogen) atoms. The van der Waals surface area contributed by atoms with E-state index in [4.69, 9.17) is 0 Å². The van der Waals surface area contributed by atoms with E-state index in [1.165, 1.54) is 25.0 Å². The quantitative estimate of drug-likeness (QED) is 0.868. The molecule has 2 rings (SSSR count). The summed E-state index contributed by atoms with van der Waals surface area (Å²) in [7, 11) is 0. The van der Waals surface area contributed by atoms with Gasteiger partial charge in [-0.3, -0.25) is 4.79 Å². The zero-order valence-corrected chi connectivity index (χ0v) is 12.0. The van der Waals surface area contributed by atoms with Crippen molar-refractivity contribution < 1.29 is 9.18 Å². The van der Waals surface area contributed by atoms with Crippen molar-refractivity contribution in [2.24, 2.45) is 11.8 Å². The van der Waals surface area contributed by atoms with Gasteiger partial charge in [0.2, 0.25) is 5.91 Å². The van der Waals surface area contributed by atoms with Gasteiger partial charge >= 0.3 is 0 Å². The fourth-order valence-electron chi connectivity index (χ4n) is 2.70. The molecular formula is C16H23FN2O. The molecule has 2 N–H and O–H groups in total. The van der Waals surface area contributed by atoms with Gasteiger partial charge in [0.25, 0.3) is 0 Å². The summed E-state index contributed by atoms with van der Waals surface area (Å²) in [5, 5.41) is 6.29. The SMILES string of the molecule is CC(CC(=O)NCc1ccc(F)cc1)C1CCCNC1. The van der Waals surface area contributed by atoms with Gasteiger partial charge in [-0.05, 0) is 55.5 Å². The normalized spacial score (nSPS) is 20.4. The van der Waals surface area contributed by atoms with E-state index in [-0.39, 0.29) is 11.7 Å². The van der Waals surface area contributed by atoms with Crippen LogP contribution in [0.3, 0.4) is 0 Å². The van der Waals surface area contributed by atoms with Gasteiger partial charge in [-0.15, -0.1) is 0 Å². The lowest BCUT2D eigenvalue weighted by Crippen LogP contribution is -2.35. The number of piperidine rings is 1. The van der Waals surface area contributed by atoms with Crippen LogP contribution in [0.25, 0.3) is 0 Å². The Morgan fingerprint density at radius 3 is 2.85 bits per heavy atom. The van der Waals surface area contributed by atoms with E-state index in [9.17, 15) is 9.18 Å². The first-order valence-electron chi connectivity index (χ1n) is 7.37. The van der Waals surface area contributed by atoms with Crippen LogP contribution in [0.15, 0.2) is 24.3 Å². The first kappa shape index (κ1) is 15.0. The molecule has 1 aliphatic heterocycles. The van der Waals surface area contributed by atoms with E-state index in [0.717, 1.165) is 18.7 Å². The second kappa shape index (κ2) is 7.39. The average Bonchev–Trinajstić information content (AvgIpc) is 2.47. The van der Waals surface area contributed by atoms with Crippen molar-refractivity contribution in [2.75, 3.05) is 13.1 Å². The molecule has 1 fully saturated rings.